The number of nitrogens with zero attached hydrogens (tertiary/aromatic N) is 1. The molecule has 0 saturated carbocycles. The van der Waals surface area contributed by atoms with Crippen molar-refractivity contribution in [1.29, 1.82) is 0 Å². The Labute approximate surface area is 121 Å². The third-order valence-corrected chi connectivity index (χ3v) is 3.67. The van der Waals surface area contributed by atoms with Gasteiger partial charge in [-0.2, -0.15) is 0 Å². The van der Waals surface area contributed by atoms with Gasteiger partial charge in [-0.1, -0.05) is 0 Å². The molecule has 0 atom stereocenters. The third-order valence-electron chi connectivity index (χ3n) is 2.88. The molecule has 3 aromatic rings. The van der Waals surface area contributed by atoms with Gasteiger partial charge in [-0.05, 0) is 30.3 Å². The highest BCUT2D eigenvalue weighted by molar-refractivity contribution is 7.16. The predicted molar refractivity (Wildman–Crippen MR) is 73.9 cm³/mol. The van der Waals surface area contributed by atoms with Gasteiger partial charge in [-0.3, -0.25) is 4.79 Å². The number of rotatable bonds is 2. The number of thiazole rings is 1. The predicted octanol–water partition coefficient (Wildman–Crippen LogP) is 3.97. The van der Waals surface area contributed by atoms with Crippen LogP contribution in [0.5, 0.6) is 0 Å². The average molecular weight is 308 g/mol. The van der Waals surface area contributed by atoms with E-state index in [1.165, 1.54) is 17.4 Å². The largest absolute Gasteiger partial charge is 0.319 e. The molecular weight excluding hydrogens is 301 g/mol. The van der Waals surface area contributed by atoms with Crippen molar-refractivity contribution >= 4 is 33.1 Å². The lowest BCUT2D eigenvalue weighted by atomic mass is 10.2. The number of benzene rings is 2. The van der Waals surface area contributed by atoms with Gasteiger partial charge >= 0.3 is 0 Å². The zero-order valence-electron chi connectivity index (χ0n) is 10.4. The van der Waals surface area contributed by atoms with Crippen LogP contribution in [0.15, 0.2) is 35.8 Å². The Hall–Kier alpha value is -2.41. The fourth-order valence-electron chi connectivity index (χ4n) is 1.81. The van der Waals surface area contributed by atoms with Crippen LogP contribution in [0.4, 0.5) is 18.9 Å². The van der Waals surface area contributed by atoms with Crippen LogP contribution in [0.2, 0.25) is 0 Å². The quantitative estimate of drug-likeness (QED) is 0.728. The normalized spacial score (nSPS) is 10.8. The summed E-state index contributed by atoms with van der Waals surface area (Å²) in [7, 11) is 0. The van der Waals surface area contributed by atoms with E-state index in [4.69, 9.17) is 0 Å². The van der Waals surface area contributed by atoms with E-state index in [0.717, 1.165) is 22.3 Å². The van der Waals surface area contributed by atoms with Gasteiger partial charge in [-0.15, -0.1) is 11.3 Å². The highest BCUT2D eigenvalue weighted by Crippen LogP contribution is 2.22. The first-order chi connectivity index (χ1) is 10.1. The zero-order valence-corrected chi connectivity index (χ0v) is 11.2. The monoisotopic (exact) mass is 308 g/mol. The molecule has 0 fully saturated rings. The highest BCUT2D eigenvalue weighted by atomic mass is 32.1. The number of hydrogen-bond acceptors (Lipinski definition) is 3. The number of fused-ring (bicyclic) bond motifs is 1. The molecule has 0 radical (unpaired) electrons. The topological polar surface area (TPSA) is 42.0 Å². The second-order valence-corrected chi connectivity index (χ2v) is 5.10. The second-order valence-electron chi connectivity index (χ2n) is 4.21. The van der Waals surface area contributed by atoms with E-state index in [9.17, 15) is 18.0 Å². The first-order valence-electron chi connectivity index (χ1n) is 5.84. The fourth-order valence-corrected chi connectivity index (χ4v) is 2.53. The van der Waals surface area contributed by atoms with Crippen LogP contribution in [0.1, 0.15) is 10.4 Å². The maximum atomic E-state index is 13.5. The van der Waals surface area contributed by atoms with Gasteiger partial charge in [0.2, 0.25) is 0 Å². The second kappa shape index (κ2) is 5.17. The van der Waals surface area contributed by atoms with E-state index in [-0.39, 0.29) is 5.56 Å². The Balaban J connectivity index is 1.91. The third kappa shape index (κ3) is 2.47. The van der Waals surface area contributed by atoms with E-state index >= 15 is 0 Å². The van der Waals surface area contributed by atoms with Gasteiger partial charge in [0.15, 0.2) is 17.5 Å². The van der Waals surface area contributed by atoms with Crippen LogP contribution in [0, 0.1) is 17.5 Å². The van der Waals surface area contributed by atoms with E-state index in [2.05, 4.69) is 10.3 Å². The lowest BCUT2D eigenvalue weighted by Crippen LogP contribution is -2.13. The minimum atomic E-state index is -1.62. The van der Waals surface area contributed by atoms with Gasteiger partial charge in [0.1, 0.15) is 0 Å². The zero-order chi connectivity index (χ0) is 15.0. The Morgan fingerprint density at radius 2 is 1.90 bits per heavy atom. The average Bonchev–Trinajstić information content (AvgIpc) is 2.95. The number of amides is 1. The van der Waals surface area contributed by atoms with Crippen molar-refractivity contribution in [3.05, 3.63) is 58.9 Å². The molecule has 3 nitrogen and oxygen atoms in total. The molecule has 0 aliphatic heterocycles. The van der Waals surface area contributed by atoms with E-state index in [0.29, 0.717) is 0 Å². The molecule has 0 unspecified atom stereocenters. The smallest absolute Gasteiger partial charge is 0.255 e. The lowest BCUT2D eigenvalue weighted by molar-refractivity contribution is 0.102. The van der Waals surface area contributed by atoms with E-state index in [1.54, 1.807) is 17.6 Å². The molecule has 21 heavy (non-hydrogen) atoms. The summed E-state index contributed by atoms with van der Waals surface area (Å²) in [5.74, 6) is -4.97. The summed E-state index contributed by atoms with van der Waals surface area (Å²) in [5.41, 5.74) is 2.25. The standard InChI is InChI=1S/C14H7F3N2OS/c15-8-2-4-10(13(17)12(8)16)19-14(20)7-1-3-9-11(5-7)21-6-18-9/h1-6H,(H,19,20). The summed E-state index contributed by atoms with van der Waals surface area (Å²) in [5, 5.41) is 2.22. The van der Waals surface area contributed by atoms with Crippen molar-refractivity contribution in [1.82, 2.24) is 4.98 Å². The molecule has 1 heterocycles. The number of hydrogen-bond donors (Lipinski definition) is 1. The van der Waals surface area contributed by atoms with Crippen LogP contribution >= 0.6 is 11.3 Å². The summed E-state index contributed by atoms with van der Waals surface area (Å²) < 4.78 is 40.2. The van der Waals surface area contributed by atoms with Crippen molar-refractivity contribution < 1.29 is 18.0 Å². The highest BCUT2D eigenvalue weighted by Gasteiger charge is 2.16. The number of anilines is 1. The van der Waals surface area contributed by atoms with Crippen LogP contribution in [-0.2, 0) is 0 Å². The molecule has 7 heteroatoms. The van der Waals surface area contributed by atoms with Crippen molar-refractivity contribution in [2.75, 3.05) is 5.32 Å². The Morgan fingerprint density at radius 1 is 1.10 bits per heavy atom. The molecule has 3 rings (SSSR count). The molecule has 106 valence electrons. The number of carbonyl (C=O) groups excluding carboxylic acids is 1. The molecular formula is C14H7F3N2OS. The molecule has 0 bridgehead atoms. The Kier molecular flexibility index (Phi) is 3.34. The molecule has 0 aliphatic rings. The first kappa shape index (κ1) is 13.6. The summed E-state index contributed by atoms with van der Waals surface area (Å²) in [6, 6.07) is 6.49. The van der Waals surface area contributed by atoms with Crippen LogP contribution < -0.4 is 5.32 Å². The fraction of sp³-hybridized carbons (Fsp3) is 0. The number of nitrogens with one attached hydrogen (secondary N) is 1. The molecule has 1 aromatic heterocycles. The summed E-state index contributed by atoms with van der Waals surface area (Å²) >= 11 is 1.36. The van der Waals surface area contributed by atoms with E-state index in [1.807, 2.05) is 0 Å². The van der Waals surface area contributed by atoms with Crippen LogP contribution in [0.3, 0.4) is 0 Å². The Morgan fingerprint density at radius 3 is 2.71 bits per heavy atom. The van der Waals surface area contributed by atoms with Gasteiger partial charge in [0.05, 0.1) is 21.4 Å². The molecule has 1 N–H and O–H groups in total. The molecule has 0 aliphatic carbocycles. The minimum Gasteiger partial charge on any atom is -0.319 e. The summed E-state index contributed by atoms with van der Waals surface area (Å²) in [4.78, 5) is 16.1. The Bertz CT molecular complexity index is 847. The first-order valence-corrected chi connectivity index (χ1v) is 6.72. The summed E-state index contributed by atoms with van der Waals surface area (Å²) in [6.45, 7) is 0. The maximum Gasteiger partial charge on any atom is 0.255 e. The van der Waals surface area contributed by atoms with E-state index < -0.39 is 29.0 Å². The SMILES string of the molecule is O=C(Nc1ccc(F)c(F)c1F)c1ccc2ncsc2c1. The molecule has 0 saturated heterocycles. The van der Waals surface area contributed by atoms with Gasteiger partial charge < -0.3 is 5.32 Å². The van der Waals surface area contributed by atoms with Crippen molar-refractivity contribution in [2.24, 2.45) is 0 Å². The molecule has 2 aromatic carbocycles. The lowest BCUT2D eigenvalue weighted by Gasteiger charge is -2.07. The number of halogens is 3. The molecule has 1 amide bonds. The number of carbonyl (C=O) groups is 1. The minimum absolute atomic E-state index is 0.274. The van der Waals surface area contributed by atoms with Crippen LogP contribution in [-0.4, -0.2) is 10.9 Å². The maximum absolute atomic E-state index is 13.5. The number of aromatic nitrogens is 1. The van der Waals surface area contributed by atoms with Crippen LogP contribution in [0.25, 0.3) is 10.2 Å². The van der Waals surface area contributed by atoms with Gasteiger partial charge in [0, 0.05) is 5.56 Å². The van der Waals surface area contributed by atoms with Crippen molar-refractivity contribution in [3.63, 3.8) is 0 Å². The summed E-state index contributed by atoms with van der Waals surface area (Å²) in [6.07, 6.45) is 0. The van der Waals surface area contributed by atoms with Crippen molar-refractivity contribution in [2.45, 2.75) is 0 Å². The van der Waals surface area contributed by atoms with Crippen molar-refractivity contribution in [3.8, 4) is 0 Å². The molecule has 0 spiro atoms. The van der Waals surface area contributed by atoms with Gasteiger partial charge in [-0.25, -0.2) is 18.2 Å². The van der Waals surface area contributed by atoms with Gasteiger partial charge in [0.25, 0.3) is 5.91 Å².